The van der Waals surface area contributed by atoms with Crippen molar-refractivity contribution in [1.29, 1.82) is 0 Å². The number of ether oxygens (including phenoxy) is 1. The predicted molar refractivity (Wildman–Crippen MR) is 136 cm³/mol. The van der Waals surface area contributed by atoms with Crippen molar-refractivity contribution in [2.75, 3.05) is 13.2 Å². The average molecular weight is 490 g/mol. The van der Waals surface area contributed by atoms with Crippen molar-refractivity contribution in [3.05, 3.63) is 34.9 Å². The van der Waals surface area contributed by atoms with Crippen LogP contribution in [0, 0.1) is 13.8 Å². The van der Waals surface area contributed by atoms with Crippen LogP contribution in [0.4, 0.5) is 4.79 Å². The number of alkyl carbamates (subject to hydrolysis) is 1. The van der Waals surface area contributed by atoms with Crippen LogP contribution in [-0.2, 0) is 14.3 Å². The third-order valence-electron chi connectivity index (χ3n) is 6.25. The molecule has 2 atom stereocenters. The second-order valence-electron chi connectivity index (χ2n) is 10.5. The van der Waals surface area contributed by atoms with Gasteiger partial charge in [0.25, 0.3) is 0 Å². The van der Waals surface area contributed by atoms with E-state index in [0.29, 0.717) is 13.0 Å². The zero-order valence-electron chi connectivity index (χ0n) is 22.1. The van der Waals surface area contributed by atoms with Crippen molar-refractivity contribution in [3.8, 4) is 0 Å². The Labute approximate surface area is 209 Å². The molecule has 0 radical (unpaired) electrons. The Morgan fingerprint density at radius 2 is 1.71 bits per heavy atom. The molecule has 1 fully saturated rings. The summed E-state index contributed by atoms with van der Waals surface area (Å²) in [5.41, 5.74) is 1.83. The van der Waals surface area contributed by atoms with Crippen molar-refractivity contribution in [2.24, 2.45) is 0 Å². The zero-order valence-corrected chi connectivity index (χ0v) is 22.1. The average Bonchev–Trinajstić information content (AvgIpc) is 2.78. The van der Waals surface area contributed by atoms with Crippen LogP contribution in [-0.4, -0.2) is 58.8 Å². The summed E-state index contributed by atoms with van der Waals surface area (Å²) in [6.07, 6.45) is 4.97. The van der Waals surface area contributed by atoms with Crippen molar-refractivity contribution in [1.82, 2.24) is 15.5 Å². The molecular formula is C27H43N3O5. The summed E-state index contributed by atoms with van der Waals surface area (Å²) in [4.78, 5) is 41.3. The number of aryl methyl sites for hydroxylation is 2. The Bertz CT molecular complexity index is 854. The van der Waals surface area contributed by atoms with E-state index in [1.807, 2.05) is 39.0 Å². The fourth-order valence-corrected chi connectivity index (χ4v) is 4.66. The minimum absolute atomic E-state index is 0.0789. The third-order valence-corrected chi connectivity index (χ3v) is 6.25. The highest BCUT2D eigenvalue weighted by atomic mass is 16.6. The van der Waals surface area contributed by atoms with Gasteiger partial charge in [0.15, 0.2) is 0 Å². The topological polar surface area (TPSA) is 108 Å². The number of nitrogens with zero attached hydrogens (tertiary/aromatic N) is 1. The van der Waals surface area contributed by atoms with Crippen LogP contribution in [0.25, 0.3) is 0 Å². The number of hydrogen-bond acceptors (Lipinski definition) is 5. The standard InChI is InChI=1S/C27H43N3O5/c1-7-16-30(25(33)21(17-31)29-26(34)35-27(4,5)6)23(22-18(2)12-11-13-19(22)3)24(32)28-20-14-9-8-10-15-20/h11-13,20-21,23,31H,7-10,14-17H2,1-6H3,(H,28,32)(H,29,34). The van der Waals surface area contributed by atoms with Crippen LogP contribution in [0.3, 0.4) is 0 Å². The Hall–Kier alpha value is -2.61. The maximum atomic E-state index is 13.8. The van der Waals surface area contributed by atoms with Gasteiger partial charge in [-0.3, -0.25) is 9.59 Å². The first-order valence-corrected chi connectivity index (χ1v) is 12.8. The number of nitrogens with one attached hydrogen (secondary N) is 2. The minimum Gasteiger partial charge on any atom is -0.444 e. The summed E-state index contributed by atoms with van der Waals surface area (Å²) in [6, 6.07) is 3.76. The summed E-state index contributed by atoms with van der Waals surface area (Å²) in [6.45, 7) is 10.6. The van der Waals surface area contributed by atoms with E-state index in [2.05, 4.69) is 10.6 Å². The number of rotatable bonds is 9. The van der Waals surface area contributed by atoms with Gasteiger partial charge in [-0.1, -0.05) is 44.4 Å². The highest BCUT2D eigenvalue weighted by Crippen LogP contribution is 2.30. The largest absolute Gasteiger partial charge is 0.444 e. The quantitative estimate of drug-likeness (QED) is 0.487. The predicted octanol–water partition coefficient (Wildman–Crippen LogP) is 3.92. The van der Waals surface area contributed by atoms with Gasteiger partial charge < -0.3 is 25.4 Å². The van der Waals surface area contributed by atoms with Gasteiger partial charge in [-0.2, -0.15) is 0 Å². The van der Waals surface area contributed by atoms with E-state index in [4.69, 9.17) is 4.74 Å². The first kappa shape index (κ1) is 28.6. The maximum absolute atomic E-state index is 13.8. The molecule has 196 valence electrons. The van der Waals surface area contributed by atoms with Gasteiger partial charge in [0.1, 0.15) is 17.7 Å². The van der Waals surface area contributed by atoms with E-state index in [-0.39, 0.29) is 11.9 Å². The Balaban J connectivity index is 2.42. The molecule has 2 unspecified atom stereocenters. The van der Waals surface area contributed by atoms with E-state index in [1.54, 1.807) is 20.8 Å². The summed E-state index contributed by atoms with van der Waals surface area (Å²) < 4.78 is 5.28. The molecule has 0 spiro atoms. The summed E-state index contributed by atoms with van der Waals surface area (Å²) in [5.74, 6) is -0.753. The van der Waals surface area contributed by atoms with Crippen LogP contribution >= 0.6 is 0 Å². The number of aliphatic hydroxyl groups is 1. The van der Waals surface area contributed by atoms with E-state index in [0.717, 1.165) is 42.4 Å². The molecule has 2 rings (SSSR count). The van der Waals surface area contributed by atoms with Crippen LogP contribution in [0.15, 0.2) is 18.2 Å². The Kier molecular flexibility index (Phi) is 10.6. The normalized spacial score (nSPS) is 16.2. The lowest BCUT2D eigenvalue weighted by atomic mass is 9.91. The molecular weight excluding hydrogens is 446 g/mol. The zero-order chi connectivity index (χ0) is 26.2. The molecule has 0 aromatic heterocycles. The van der Waals surface area contributed by atoms with Crippen LogP contribution in [0.5, 0.6) is 0 Å². The van der Waals surface area contributed by atoms with Gasteiger partial charge in [-0.15, -0.1) is 0 Å². The van der Waals surface area contributed by atoms with E-state index < -0.39 is 36.3 Å². The summed E-state index contributed by atoms with van der Waals surface area (Å²) in [5, 5.41) is 15.7. The van der Waals surface area contributed by atoms with Crippen molar-refractivity contribution in [3.63, 3.8) is 0 Å². The number of carbonyl (C=O) groups excluding carboxylic acids is 3. The van der Waals surface area contributed by atoms with Gasteiger partial charge in [0, 0.05) is 12.6 Å². The van der Waals surface area contributed by atoms with Gasteiger partial charge >= 0.3 is 6.09 Å². The molecule has 1 saturated carbocycles. The SMILES string of the molecule is CCCN(C(=O)C(CO)NC(=O)OC(C)(C)C)C(C(=O)NC1CCCCC1)c1c(C)cccc1C. The number of hydrogen-bond donors (Lipinski definition) is 3. The second-order valence-corrected chi connectivity index (χ2v) is 10.5. The van der Waals surface area contributed by atoms with Gasteiger partial charge in [-0.25, -0.2) is 4.79 Å². The molecule has 1 aromatic rings. The molecule has 3 N–H and O–H groups in total. The lowest BCUT2D eigenvalue weighted by Crippen LogP contribution is -2.55. The third kappa shape index (κ3) is 8.23. The Morgan fingerprint density at radius 3 is 2.23 bits per heavy atom. The van der Waals surface area contributed by atoms with Gasteiger partial charge in [-0.05, 0) is 70.6 Å². The fraction of sp³-hybridized carbons (Fsp3) is 0.667. The minimum atomic E-state index is -1.23. The van der Waals surface area contributed by atoms with Crippen LogP contribution in [0.2, 0.25) is 0 Å². The lowest BCUT2D eigenvalue weighted by molar-refractivity contribution is -0.143. The van der Waals surface area contributed by atoms with E-state index in [9.17, 15) is 19.5 Å². The highest BCUT2D eigenvalue weighted by Gasteiger charge is 2.37. The second kappa shape index (κ2) is 12.9. The molecule has 0 bridgehead atoms. The molecule has 1 aliphatic rings. The first-order chi connectivity index (χ1) is 16.5. The van der Waals surface area contributed by atoms with E-state index in [1.165, 1.54) is 11.3 Å². The smallest absolute Gasteiger partial charge is 0.408 e. The number of amides is 3. The number of carbonyl (C=O) groups is 3. The monoisotopic (exact) mass is 489 g/mol. The van der Waals surface area contributed by atoms with Crippen molar-refractivity contribution >= 4 is 17.9 Å². The fourth-order valence-electron chi connectivity index (χ4n) is 4.66. The molecule has 3 amide bonds. The first-order valence-electron chi connectivity index (χ1n) is 12.8. The molecule has 1 aliphatic carbocycles. The van der Waals surface area contributed by atoms with Crippen molar-refractivity contribution < 1.29 is 24.2 Å². The van der Waals surface area contributed by atoms with Gasteiger partial charge in [0.05, 0.1) is 6.61 Å². The molecule has 0 heterocycles. The lowest BCUT2D eigenvalue weighted by Gasteiger charge is -2.36. The van der Waals surface area contributed by atoms with Crippen molar-refractivity contribution in [2.45, 2.75) is 104 Å². The molecule has 0 saturated heterocycles. The molecule has 8 heteroatoms. The van der Waals surface area contributed by atoms with E-state index >= 15 is 0 Å². The molecule has 35 heavy (non-hydrogen) atoms. The highest BCUT2D eigenvalue weighted by molar-refractivity contribution is 5.92. The molecule has 8 nitrogen and oxygen atoms in total. The van der Waals surface area contributed by atoms with Crippen LogP contribution in [0.1, 0.15) is 89.0 Å². The van der Waals surface area contributed by atoms with Gasteiger partial charge in [0.2, 0.25) is 11.8 Å². The summed E-state index contributed by atoms with van der Waals surface area (Å²) >= 11 is 0. The number of benzene rings is 1. The molecule has 1 aromatic carbocycles. The molecule has 0 aliphatic heterocycles. The summed E-state index contributed by atoms with van der Waals surface area (Å²) in [7, 11) is 0. The number of aliphatic hydroxyl groups excluding tert-OH is 1. The maximum Gasteiger partial charge on any atom is 0.408 e. The Morgan fingerprint density at radius 1 is 1.11 bits per heavy atom. The van der Waals surface area contributed by atoms with Crippen LogP contribution < -0.4 is 10.6 Å².